The van der Waals surface area contributed by atoms with Crippen molar-refractivity contribution in [2.24, 2.45) is 5.92 Å². The van der Waals surface area contributed by atoms with Crippen molar-refractivity contribution < 1.29 is 4.74 Å². The molecule has 1 aliphatic rings. The van der Waals surface area contributed by atoms with Crippen molar-refractivity contribution in [3.63, 3.8) is 0 Å². The molecule has 90 valence electrons. The van der Waals surface area contributed by atoms with Crippen LogP contribution in [-0.4, -0.2) is 40.8 Å². The van der Waals surface area contributed by atoms with Crippen molar-refractivity contribution in [3.05, 3.63) is 12.4 Å². The second-order valence-corrected chi connectivity index (χ2v) is 4.26. The highest BCUT2D eigenvalue weighted by molar-refractivity contribution is 4.78. The van der Waals surface area contributed by atoms with Gasteiger partial charge in [0.15, 0.2) is 0 Å². The second kappa shape index (κ2) is 5.96. The summed E-state index contributed by atoms with van der Waals surface area (Å²) in [4.78, 5) is 0. The number of nitrogens with one attached hydrogen (secondary N) is 1. The standard InChI is InChI=1S/C11H20N4O/c1-2-11(10-3-8-16-9-10)12-4-6-15-7-5-13-14-15/h5,7,10-12H,2-4,6,8-9H2,1H3. The van der Waals surface area contributed by atoms with Crippen LogP contribution in [-0.2, 0) is 11.3 Å². The van der Waals surface area contributed by atoms with Gasteiger partial charge in [-0.05, 0) is 18.8 Å². The molecule has 1 aliphatic heterocycles. The van der Waals surface area contributed by atoms with Crippen molar-refractivity contribution in [1.29, 1.82) is 0 Å². The lowest BCUT2D eigenvalue weighted by atomic mass is 9.97. The minimum absolute atomic E-state index is 0.575. The van der Waals surface area contributed by atoms with Gasteiger partial charge in [-0.3, -0.25) is 4.68 Å². The minimum Gasteiger partial charge on any atom is -0.381 e. The van der Waals surface area contributed by atoms with Crippen LogP contribution in [0, 0.1) is 5.92 Å². The monoisotopic (exact) mass is 224 g/mol. The number of rotatable bonds is 6. The zero-order valence-electron chi connectivity index (χ0n) is 9.80. The summed E-state index contributed by atoms with van der Waals surface area (Å²) in [6.45, 7) is 5.88. The van der Waals surface area contributed by atoms with Crippen LogP contribution in [0.5, 0.6) is 0 Å². The molecule has 0 saturated carbocycles. The number of nitrogens with zero attached hydrogens (tertiary/aromatic N) is 3. The van der Waals surface area contributed by atoms with Crippen LogP contribution >= 0.6 is 0 Å². The van der Waals surface area contributed by atoms with Crippen LogP contribution in [0.3, 0.4) is 0 Å². The molecule has 1 aromatic heterocycles. The van der Waals surface area contributed by atoms with Gasteiger partial charge in [-0.2, -0.15) is 0 Å². The van der Waals surface area contributed by atoms with Crippen molar-refractivity contribution in [2.45, 2.75) is 32.4 Å². The third kappa shape index (κ3) is 3.02. The van der Waals surface area contributed by atoms with E-state index < -0.39 is 0 Å². The van der Waals surface area contributed by atoms with Gasteiger partial charge < -0.3 is 10.1 Å². The van der Waals surface area contributed by atoms with E-state index in [-0.39, 0.29) is 0 Å². The molecule has 5 heteroatoms. The summed E-state index contributed by atoms with van der Waals surface area (Å²) >= 11 is 0. The van der Waals surface area contributed by atoms with E-state index in [1.807, 2.05) is 10.9 Å². The van der Waals surface area contributed by atoms with E-state index in [1.165, 1.54) is 6.42 Å². The van der Waals surface area contributed by atoms with Crippen molar-refractivity contribution >= 4 is 0 Å². The maximum Gasteiger partial charge on any atom is 0.0692 e. The Bertz CT molecular complexity index is 282. The first kappa shape index (κ1) is 11.5. The molecule has 2 unspecified atom stereocenters. The Labute approximate surface area is 96.2 Å². The van der Waals surface area contributed by atoms with Gasteiger partial charge in [0.1, 0.15) is 0 Å². The number of aromatic nitrogens is 3. The Morgan fingerprint density at radius 1 is 1.62 bits per heavy atom. The molecule has 2 atom stereocenters. The van der Waals surface area contributed by atoms with E-state index >= 15 is 0 Å². The summed E-state index contributed by atoms with van der Waals surface area (Å²) in [7, 11) is 0. The Morgan fingerprint density at radius 2 is 2.56 bits per heavy atom. The summed E-state index contributed by atoms with van der Waals surface area (Å²) in [5.41, 5.74) is 0. The normalized spacial score (nSPS) is 22.4. The molecular weight excluding hydrogens is 204 g/mol. The van der Waals surface area contributed by atoms with Crippen LogP contribution < -0.4 is 5.32 Å². The lowest BCUT2D eigenvalue weighted by Gasteiger charge is -2.22. The Kier molecular flexibility index (Phi) is 4.30. The smallest absolute Gasteiger partial charge is 0.0692 e. The van der Waals surface area contributed by atoms with Gasteiger partial charge in [-0.25, -0.2) is 0 Å². The third-order valence-electron chi connectivity index (χ3n) is 3.19. The number of ether oxygens (including phenoxy) is 1. The molecule has 0 bridgehead atoms. The summed E-state index contributed by atoms with van der Waals surface area (Å²) in [5, 5.41) is 11.3. The predicted molar refractivity (Wildman–Crippen MR) is 61.0 cm³/mol. The molecule has 1 saturated heterocycles. The SMILES string of the molecule is CCC(NCCn1ccnn1)C1CCOC1. The Balaban J connectivity index is 1.70. The van der Waals surface area contributed by atoms with Gasteiger partial charge in [0.05, 0.1) is 19.3 Å². The fourth-order valence-corrected chi connectivity index (χ4v) is 2.23. The van der Waals surface area contributed by atoms with Crippen LogP contribution in [0.4, 0.5) is 0 Å². The number of hydrogen-bond donors (Lipinski definition) is 1. The summed E-state index contributed by atoms with van der Waals surface area (Å²) in [6, 6.07) is 0.575. The molecular formula is C11H20N4O. The van der Waals surface area contributed by atoms with Gasteiger partial charge in [0.25, 0.3) is 0 Å². The van der Waals surface area contributed by atoms with E-state index in [2.05, 4.69) is 22.6 Å². The first-order valence-electron chi connectivity index (χ1n) is 6.05. The third-order valence-corrected chi connectivity index (χ3v) is 3.19. The Morgan fingerprint density at radius 3 is 3.19 bits per heavy atom. The molecule has 1 N–H and O–H groups in total. The van der Waals surface area contributed by atoms with Gasteiger partial charge in [0.2, 0.25) is 0 Å². The molecule has 1 fully saturated rings. The molecule has 5 nitrogen and oxygen atoms in total. The fourth-order valence-electron chi connectivity index (χ4n) is 2.23. The maximum atomic E-state index is 5.42. The first-order valence-corrected chi connectivity index (χ1v) is 6.05. The molecule has 16 heavy (non-hydrogen) atoms. The maximum absolute atomic E-state index is 5.42. The topological polar surface area (TPSA) is 52.0 Å². The lowest BCUT2D eigenvalue weighted by Crippen LogP contribution is -2.37. The van der Waals surface area contributed by atoms with Crippen LogP contribution in [0.1, 0.15) is 19.8 Å². The molecule has 0 amide bonds. The molecule has 0 aromatic carbocycles. The van der Waals surface area contributed by atoms with E-state index in [1.54, 1.807) is 6.20 Å². The van der Waals surface area contributed by atoms with E-state index in [9.17, 15) is 0 Å². The van der Waals surface area contributed by atoms with Crippen LogP contribution in [0.15, 0.2) is 12.4 Å². The Hall–Kier alpha value is -0.940. The van der Waals surface area contributed by atoms with Gasteiger partial charge >= 0.3 is 0 Å². The molecule has 0 radical (unpaired) electrons. The molecule has 2 heterocycles. The zero-order valence-corrected chi connectivity index (χ0v) is 9.80. The van der Waals surface area contributed by atoms with Crippen molar-refractivity contribution in [2.75, 3.05) is 19.8 Å². The molecule has 1 aromatic rings. The molecule has 2 rings (SSSR count). The largest absolute Gasteiger partial charge is 0.381 e. The van der Waals surface area contributed by atoms with Gasteiger partial charge in [0, 0.05) is 25.4 Å². The van der Waals surface area contributed by atoms with Gasteiger partial charge in [-0.15, -0.1) is 5.10 Å². The summed E-state index contributed by atoms with van der Waals surface area (Å²) in [6.07, 6.45) is 5.95. The van der Waals surface area contributed by atoms with Crippen molar-refractivity contribution in [3.8, 4) is 0 Å². The fraction of sp³-hybridized carbons (Fsp3) is 0.818. The van der Waals surface area contributed by atoms with Crippen molar-refractivity contribution in [1.82, 2.24) is 20.3 Å². The van der Waals surface area contributed by atoms with E-state index in [4.69, 9.17) is 4.74 Å². The molecule has 0 spiro atoms. The average Bonchev–Trinajstić information content (AvgIpc) is 2.96. The second-order valence-electron chi connectivity index (χ2n) is 4.26. The van der Waals surface area contributed by atoms with Crippen LogP contribution in [0.2, 0.25) is 0 Å². The zero-order chi connectivity index (χ0) is 11.2. The highest BCUT2D eigenvalue weighted by Crippen LogP contribution is 2.18. The first-order chi connectivity index (χ1) is 7.90. The van der Waals surface area contributed by atoms with Crippen LogP contribution in [0.25, 0.3) is 0 Å². The number of hydrogen-bond acceptors (Lipinski definition) is 4. The van der Waals surface area contributed by atoms with E-state index in [0.29, 0.717) is 12.0 Å². The minimum atomic E-state index is 0.575. The quantitative estimate of drug-likeness (QED) is 0.772. The van der Waals surface area contributed by atoms with E-state index in [0.717, 1.165) is 32.7 Å². The molecule has 0 aliphatic carbocycles. The highest BCUT2D eigenvalue weighted by atomic mass is 16.5. The summed E-state index contributed by atoms with van der Waals surface area (Å²) in [5.74, 6) is 0.681. The summed E-state index contributed by atoms with van der Waals surface area (Å²) < 4.78 is 7.28. The lowest BCUT2D eigenvalue weighted by molar-refractivity contribution is 0.175. The highest BCUT2D eigenvalue weighted by Gasteiger charge is 2.23. The van der Waals surface area contributed by atoms with Gasteiger partial charge in [-0.1, -0.05) is 12.1 Å². The predicted octanol–water partition coefficient (Wildman–Crippen LogP) is 0.683. The average molecular weight is 224 g/mol.